The molecule has 0 unspecified atom stereocenters. The molecule has 0 amide bonds. The van der Waals surface area contributed by atoms with Crippen LogP contribution in [0.1, 0.15) is 55.1 Å². The Hall–Kier alpha value is -1.06. The van der Waals surface area contributed by atoms with E-state index in [1.54, 1.807) is 0 Å². The first kappa shape index (κ1) is 18.9. The lowest BCUT2D eigenvalue weighted by molar-refractivity contribution is 0.0552. The molecule has 2 aromatic carbocycles. The molecule has 28 heavy (non-hydrogen) atoms. The summed E-state index contributed by atoms with van der Waals surface area (Å²) in [7, 11) is 0. The number of rotatable bonds is 3. The molecule has 1 aliphatic carbocycles. The third kappa shape index (κ3) is 3.39. The lowest BCUT2D eigenvalue weighted by atomic mass is 9.63. The van der Waals surface area contributed by atoms with Crippen LogP contribution in [0.15, 0.2) is 48.5 Å². The van der Waals surface area contributed by atoms with E-state index in [4.69, 9.17) is 23.2 Å². The van der Waals surface area contributed by atoms with Crippen LogP contribution in [-0.2, 0) is 0 Å². The Labute approximate surface area is 178 Å². The average Bonchev–Trinajstić information content (AvgIpc) is 3.12. The minimum absolute atomic E-state index is 0.297. The first-order valence-corrected chi connectivity index (χ1v) is 11.4. The highest BCUT2D eigenvalue weighted by molar-refractivity contribution is 6.30. The van der Waals surface area contributed by atoms with Crippen LogP contribution >= 0.6 is 23.2 Å². The van der Waals surface area contributed by atoms with Crippen LogP contribution in [0.25, 0.3) is 0 Å². The zero-order valence-corrected chi connectivity index (χ0v) is 17.7. The summed E-state index contributed by atoms with van der Waals surface area (Å²) in [4.78, 5) is 2.82. The summed E-state index contributed by atoms with van der Waals surface area (Å²) in [6.07, 6.45) is 6.43. The second-order valence-electron chi connectivity index (χ2n) is 8.87. The normalized spacial score (nSPS) is 33.1. The van der Waals surface area contributed by atoms with Crippen LogP contribution in [0, 0.1) is 0 Å². The molecule has 1 saturated carbocycles. The Morgan fingerprint density at radius 2 is 1.29 bits per heavy atom. The van der Waals surface area contributed by atoms with Gasteiger partial charge in [0.1, 0.15) is 0 Å². The summed E-state index contributed by atoms with van der Waals surface area (Å²) in [5.41, 5.74) is 3.14. The Balaban J connectivity index is 1.57. The molecule has 4 heteroatoms. The summed E-state index contributed by atoms with van der Waals surface area (Å²) < 4.78 is 0. The van der Waals surface area contributed by atoms with Gasteiger partial charge in [-0.3, -0.25) is 4.90 Å². The number of benzene rings is 2. The van der Waals surface area contributed by atoms with Gasteiger partial charge in [0.2, 0.25) is 0 Å². The van der Waals surface area contributed by atoms with Gasteiger partial charge in [0.05, 0.1) is 0 Å². The SMILES string of the molecule is Clc1ccc([C@@H]2CC3(N4CCCC4)CCNC2[C@H](c2ccc(Cl)cc2)C3)cc1. The first-order valence-electron chi connectivity index (χ1n) is 10.6. The minimum Gasteiger partial charge on any atom is -0.313 e. The van der Waals surface area contributed by atoms with E-state index in [0.717, 1.165) is 16.6 Å². The second-order valence-corrected chi connectivity index (χ2v) is 9.75. The fraction of sp³-hybridized carbons (Fsp3) is 0.500. The zero-order chi connectivity index (χ0) is 19.1. The molecule has 6 rings (SSSR count). The van der Waals surface area contributed by atoms with Crippen LogP contribution in [0.3, 0.4) is 0 Å². The lowest BCUT2D eigenvalue weighted by Crippen LogP contribution is -2.53. The van der Waals surface area contributed by atoms with Crippen LogP contribution in [0.5, 0.6) is 0 Å². The van der Waals surface area contributed by atoms with E-state index < -0.39 is 0 Å². The van der Waals surface area contributed by atoms with Crippen molar-refractivity contribution in [2.45, 2.75) is 55.5 Å². The highest BCUT2D eigenvalue weighted by Gasteiger charge is 2.51. The van der Waals surface area contributed by atoms with Crippen LogP contribution in [-0.4, -0.2) is 36.1 Å². The van der Waals surface area contributed by atoms with Crippen molar-refractivity contribution in [1.82, 2.24) is 10.2 Å². The van der Waals surface area contributed by atoms with E-state index in [-0.39, 0.29) is 0 Å². The van der Waals surface area contributed by atoms with Gasteiger partial charge >= 0.3 is 0 Å². The predicted molar refractivity (Wildman–Crippen MR) is 118 cm³/mol. The standard InChI is InChI=1S/C24H28Cl2N2/c25-19-7-3-17(4-8-19)21-15-24(28-13-1-2-14-28)11-12-27-23(21)22(16-24)18-5-9-20(26)10-6-18/h3-10,21-23,27H,1-2,11-16H2/t21-,22-,23?,24?/m0/s1. The molecule has 0 aromatic heterocycles. The van der Waals surface area contributed by atoms with Gasteiger partial charge < -0.3 is 5.32 Å². The predicted octanol–water partition coefficient (Wildman–Crippen LogP) is 5.85. The summed E-state index contributed by atoms with van der Waals surface area (Å²) in [5.74, 6) is 1.02. The van der Waals surface area contributed by atoms with E-state index in [1.807, 2.05) is 0 Å². The Morgan fingerprint density at radius 1 is 0.786 bits per heavy atom. The topological polar surface area (TPSA) is 15.3 Å². The molecule has 1 N–H and O–H groups in total. The second kappa shape index (κ2) is 7.65. The van der Waals surface area contributed by atoms with Gasteiger partial charge in [0.25, 0.3) is 0 Å². The van der Waals surface area contributed by atoms with Crippen molar-refractivity contribution in [2.24, 2.45) is 0 Å². The molecular formula is C24H28Cl2N2. The van der Waals surface area contributed by atoms with E-state index in [9.17, 15) is 0 Å². The third-order valence-electron chi connectivity index (χ3n) is 7.41. The molecule has 2 atom stereocenters. The van der Waals surface area contributed by atoms with Gasteiger partial charge in [-0.15, -0.1) is 0 Å². The highest BCUT2D eigenvalue weighted by atomic mass is 35.5. The highest BCUT2D eigenvalue weighted by Crippen LogP contribution is 2.52. The Kier molecular flexibility index (Phi) is 5.17. The van der Waals surface area contributed by atoms with Crippen molar-refractivity contribution in [2.75, 3.05) is 19.6 Å². The van der Waals surface area contributed by atoms with Gasteiger partial charge in [0.15, 0.2) is 0 Å². The number of nitrogens with zero attached hydrogens (tertiary/aromatic N) is 1. The number of fused-ring (bicyclic) bond motifs is 4. The fourth-order valence-electron chi connectivity index (χ4n) is 6.07. The lowest BCUT2D eigenvalue weighted by Gasteiger charge is -2.51. The molecule has 2 bridgehead atoms. The summed E-state index contributed by atoms with van der Waals surface area (Å²) >= 11 is 12.4. The maximum Gasteiger partial charge on any atom is 0.0406 e. The summed E-state index contributed by atoms with van der Waals surface area (Å²) in [6, 6.07) is 17.6. The van der Waals surface area contributed by atoms with E-state index in [0.29, 0.717) is 23.4 Å². The van der Waals surface area contributed by atoms with Gasteiger partial charge in [0, 0.05) is 33.5 Å². The molecule has 3 heterocycles. The van der Waals surface area contributed by atoms with Crippen molar-refractivity contribution in [3.8, 4) is 0 Å². The minimum atomic E-state index is 0.297. The van der Waals surface area contributed by atoms with E-state index in [1.165, 1.54) is 56.3 Å². The third-order valence-corrected chi connectivity index (χ3v) is 7.91. The van der Waals surface area contributed by atoms with Crippen LogP contribution in [0.4, 0.5) is 0 Å². The quantitative estimate of drug-likeness (QED) is 0.677. The number of likely N-dealkylation sites (tertiary alicyclic amines) is 1. The smallest absolute Gasteiger partial charge is 0.0406 e. The zero-order valence-electron chi connectivity index (χ0n) is 16.2. The monoisotopic (exact) mass is 414 g/mol. The van der Waals surface area contributed by atoms with Crippen molar-refractivity contribution < 1.29 is 0 Å². The van der Waals surface area contributed by atoms with Crippen LogP contribution in [0.2, 0.25) is 10.0 Å². The van der Waals surface area contributed by atoms with Crippen molar-refractivity contribution in [1.29, 1.82) is 0 Å². The summed E-state index contributed by atoms with van der Waals surface area (Å²) in [5, 5.41) is 5.59. The molecule has 148 valence electrons. The average molecular weight is 415 g/mol. The molecule has 0 radical (unpaired) electrons. The van der Waals surface area contributed by atoms with E-state index >= 15 is 0 Å². The van der Waals surface area contributed by atoms with Crippen molar-refractivity contribution >= 4 is 23.2 Å². The largest absolute Gasteiger partial charge is 0.313 e. The molecule has 0 spiro atoms. The molecular weight excluding hydrogens is 387 g/mol. The van der Waals surface area contributed by atoms with Gasteiger partial charge in [-0.1, -0.05) is 47.5 Å². The number of halogens is 2. The van der Waals surface area contributed by atoms with Gasteiger partial charge in [-0.25, -0.2) is 0 Å². The van der Waals surface area contributed by atoms with Gasteiger partial charge in [-0.2, -0.15) is 0 Å². The molecule has 3 aliphatic heterocycles. The maximum atomic E-state index is 6.20. The number of hydrogen-bond acceptors (Lipinski definition) is 2. The Bertz CT molecular complexity index is 756. The molecule has 4 aliphatic rings. The van der Waals surface area contributed by atoms with E-state index in [2.05, 4.69) is 58.7 Å². The maximum absolute atomic E-state index is 6.20. The first-order chi connectivity index (χ1) is 13.6. The number of nitrogens with one attached hydrogen (secondary N) is 1. The molecule has 4 fully saturated rings. The van der Waals surface area contributed by atoms with Crippen molar-refractivity contribution in [3.05, 3.63) is 69.7 Å². The van der Waals surface area contributed by atoms with Gasteiger partial charge in [-0.05, 0) is 87.1 Å². The molecule has 2 nitrogen and oxygen atoms in total. The molecule has 2 aromatic rings. The van der Waals surface area contributed by atoms with Crippen molar-refractivity contribution in [3.63, 3.8) is 0 Å². The Morgan fingerprint density at radius 3 is 1.79 bits per heavy atom. The fourth-order valence-corrected chi connectivity index (χ4v) is 6.33. The number of hydrogen-bond donors (Lipinski definition) is 1. The summed E-state index contributed by atoms with van der Waals surface area (Å²) in [6.45, 7) is 3.62. The van der Waals surface area contributed by atoms with Crippen LogP contribution < -0.4 is 5.32 Å². The molecule has 3 saturated heterocycles.